The molecule has 258 valence electrons. The third-order valence-corrected chi connectivity index (χ3v) is 9.49. The van der Waals surface area contributed by atoms with Crippen molar-refractivity contribution in [1.29, 1.82) is 0 Å². The number of benzene rings is 3. The van der Waals surface area contributed by atoms with Crippen LogP contribution in [0.25, 0.3) is 11.0 Å². The zero-order valence-corrected chi connectivity index (χ0v) is 28.8. The maximum absolute atomic E-state index is 12.8. The molecule has 1 aromatic heterocycles. The van der Waals surface area contributed by atoms with Gasteiger partial charge in [-0.25, -0.2) is 4.98 Å². The molecule has 48 heavy (non-hydrogen) atoms. The summed E-state index contributed by atoms with van der Waals surface area (Å²) in [6, 6.07) is 23.9. The average molecular weight is 654 g/mol. The lowest BCUT2D eigenvalue weighted by Crippen LogP contribution is -2.32. The summed E-state index contributed by atoms with van der Waals surface area (Å²) in [4.78, 5) is 17.4. The van der Waals surface area contributed by atoms with Gasteiger partial charge in [0.1, 0.15) is 0 Å². The number of fused-ring (bicyclic) bond motifs is 1. The second kappa shape index (κ2) is 19.5. The number of para-hydroxylation sites is 2. The number of aliphatic hydroxyl groups is 1. The molecule has 5 rings (SSSR count). The molecule has 0 saturated carbocycles. The molecule has 1 unspecified atom stereocenters. The molecule has 1 aliphatic rings. The molecule has 0 bridgehead atoms. The van der Waals surface area contributed by atoms with Crippen molar-refractivity contribution in [2.45, 2.75) is 135 Å². The fourth-order valence-corrected chi connectivity index (χ4v) is 6.70. The average Bonchev–Trinajstić information content (AvgIpc) is 3.52. The van der Waals surface area contributed by atoms with Gasteiger partial charge in [0.05, 0.1) is 42.7 Å². The minimum absolute atomic E-state index is 0.00569. The van der Waals surface area contributed by atoms with Crippen LogP contribution in [-0.4, -0.2) is 26.7 Å². The van der Waals surface area contributed by atoms with E-state index in [9.17, 15) is 9.90 Å². The Bertz CT molecular complexity index is 1520. The van der Waals surface area contributed by atoms with Crippen LogP contribution < -0.4 is 5.32 Å². The Kier molecular flexibility index (Phi) is 14.5. The standard InChI is InChI=1S/C41H55N3O4/c1-2-3-4-5-6-7-8-9-10-11-12-13-14-22-40(46)43-35-19-17-18-34(27-35)41-47-36(29-44-31-42-37-20-15-16-21-38(37)44)28-39(48-41)33-25-23-32(30-45)24-26-33/h15-21,23-27,31,36,39,41,45H,2-14,22,28-30H2,1H3,(H,43,46)/t36-,39+,41?/m0/s1. The molecule has 3 aromatic carbocycles. The van der Waals surface area contributed by atoms with Crippen molar-refractivity contribution >= 4 is 22.6 Å². The maximum atomic E-state index is 12.8. The third kappa shape index (κ3) is 11.0. The number of unbranched alkanes of at least 4 members (excludes halogenated alkanes) is 12. The number of aromatic nitrogens is 2. The second-order valence-electron chi connectivity index (χ2n) is 13.4. The highest BCUT2D eigenvalue weighted by Crippen LogP contribution is 2.39. The minimum Gasteiger partial charge on any atom is -0.392 e. The topological polar surface area (TPSA) is 85.6 Å². The first kappa shape index (κ1) is 35.8. The monoisotopic (exact) mass is 653 g/mol. The van der Waals surface area contributed by atoms with Gasteiger partial charge in [-0.1, -0.05) is 133 Å². The molecule has 1 aliphatic heterocycles. The lowest BCUT2D eigenvalue weighted by molar-refractivity contribution is -0.252. The van der Waals surface area contributed by atoms with Gasteiger partial charge in [0.2, 0.25) is 5.91 Å². The molecule has 1 amide bonds. The Morgan fingerprint density at radius 2 is 1.50 bits per heavy atom. The van der Waals surface area contributed by atoms with E-state index >= 15 is 0 Å². The van der Waals surface area contributed by atoms with E-state index in [1.165, 1.54) is 70.6 Å². The van der Waals surface area contributed by atoms with Crippen LogP contribution in [0.2, 0.25) is 0 Å². The van der Waals surface area contributed by atoms with Gasteiger partial charge in [0, 0.05) is 24.1 Å². The van der Waals surface area contributed by atoms with Crippen molar-refractivity contribution in [3.63, 3.8) is 0 Å². The molecule has 3 atom stereocenters. The Morgan fingerprint density at radius 3 is 2.21 bits per heavy atom. The van der Waals surface area contributed by atoms with E-state index in [2.05, 4.69) is 27.9 Å². The molecule has 7 nitrogen and oxygen atoms in total. The van der Waals surface area contributed by atoms with E-state index in [-0.39, 0.29) is 24.7 Å². The van der Waals surface area contributed by atoms with Crippen molar-refractivity contribution in [3.8, 4) is 0 Å². The molecule has 1 saturated heterocycles. The molecule has 4 aromatic rings. The van der Waals surface area contributed by atoms with E-state index in [0.717, 1.165) is 46.3 Å². The summed E-state index contributed by atoms with van der Waals surface area (Å²) in [5, 5.41) is 12.6. The summed E-state index contributed by atoms with van der Waals surface area (Å²) in [5.74, 6) is 0.0485. The van der Waals surface area contributed by atoms with Gasteiger partial charge in [-0.2, -0.15) is 0 Å². The Labute approximate surface area is 287 Å². The summed E-state index contributed by atoms with van der Waals surface area (Å²) in [6.45, 7) is 2.92. The van der Waals surface area contributed by atoms with Crippen LogP contribution in [0.15, 0.2) is 79.1 Å². The number of nitrogens with zero attached hydrogens (tertiary/aromatic N) is 2. The van der Waals surface area contributed by atoms with Gasteiger partial charge in [-0.15, -0.1) is 0 Å². The number of hydrogen-bond donors (Lipinski definition) is 2. The number of carbonyl (C=O) groups is 1. The van der Waals surface area contributed by atoms with E-state index in [1.807, 2.05) is 73.1 Å². The van der Waals surface area contributed by atoms with Crippen LogP contribution in [-0.2, 0) is 27.4 Å². The van der Waals surface area contributed by atoms with E-state index in [4.69, 9.17) is 9.47 Å². The van der Waals surface area contributed by atoms with Crippen LogP contribution in [0.3, 0.4) is 0 Å². The largest absolute Gasteiger partial charge is 0.392 e. The molecule has 1 fully saturated rings. The summed E-state index contributed by atoms with van der Waals surface area (Å²) in [7, 11) is 0. The number of ether oxygens (including phenoxy) is 2. The quantitative estimate of drug-likeness (QED) is 0.0927. The zero-order chi connectivity index (χ0) is 33.4. The van der Waals surface area contributed by atoms with Crippen LogP contribution in [0.1, 0.15) is 132 Å². The van der Waals surface area contributed by atoms with Gasteiger partial charge in [0.15, 0.2) is 6.29 Å². The van der Waals surface area contributed by atoms with Crippen LogP contribution in [0.4, 0.5) is 5.69 Å². The highest BCUT2D eigenvalue weighted by Gasteiger charge is 2.33. The fourth-order valence-electron chi connectivity index (χ4n) is 6.70. The smallest absolute Gasteiger partial charge is 0.224 e. The highest BCUT2D eigenvalue weighted by atomic mass is 16.7. The zero-order valence-electron chi connectivity index (χ0n) is 28.8. The predicted molar refractivity (Wildman–Crippen MR) is 194 cm³/mol. The normalized spacial score (nSPS) is 17.9. The first-order valence-corrected chi connectivity index (χ1v) is 18.4. The Hall–Kier alpha value is -3.52. The number of nitrogens with one attached hydrogen (secondary N) is 1. The van der Waals surface area contributed by atoms with E-state index < -0.39 is 6.29 Å². The van der Waals surface area contributed by atoms with Crippen LogP contribution >= 0.6 is 0 Å². The number of amides is 1. The summed E-state index contributed by atoms with van der Waals surface area (Å²) in [5.41, 5.74) is 5.56. The number of anilines is 1. The molecular weight excluding hydrogens is 598 g/mol. The number of aliphatic hydroxyl groups excluding tert-OH is 1. The highest BCUT2D eigenvalue weighted by molar-refractivity contribution is 5.90. The summed E-state index contributed by atoms with van der Waals surface area (Å²) >= 11 is 0. The van der Waals surface area contributed by atoms with Crippen LogP contribution in [0, 0.1) is 0 Å². The molecular formula is C41H55N3O4. The molecule has 0 spiro atoms. The number of carbonyl (C=O) groups excluding carboxylic acids is 1. The van der Waals surface area contributed by atoms with Gasteiger partial charge in [0.25, 0.3) is 0 Å². The summed E-state index contributed by atoms with van der Waals surface area (Å²) < 4.78 is 15.3. The van der Waals surface area contributed by atoms with Crippen molar-refractivity contribution in [2.75, 3.05) is 5.32 Å². The van der Waals surface area contributed by atoms with Crippen LogP contribution in [0.5, 0.6) is 0 Å². The SMILES string of the molecule is CCCCCCCCCCCCCCCC(=O)Nc1cccc(C2O[C@H](Cn3cnc4ccccc43)C[C@H](c3ccc(CO)cc3)O2)c1. The molecule has 0 radical (unpaired) electrons. The predicted octanol–water partition coefficient (Wildman–Crippen LogP) is 10.2. The Balaban J connectivity index is 1.11. The van der Waals surface area contributed by atoms with E-state index in [0.29, 0.717) is 19.4 Å². The number of rotatable bonds is 20. The van der Waals surface area contributed by atoms with Crippen molar-refractivity contribution in [1.82, 2.24) is 9.55 Å². The lowest BCUT2D eigenvalue weighted by atomic mass is 10.00. The van der Waals surface area contributed by atoms with Gasteiger partial charge < -0.3 is 24.5 Å². The first-order valence-electron chi connectivity index (χ1n) is 18.4. The number of imidazole rings is 1. The van der Waals surface area contributed by atoms with Gasteiger partial charge in [-0.3, -0.25) is 4.79 Å². The second-order valence-corrected chi connectivity index (χ2v) is 13.4. The van der Waals surface area contributed by atoms with Crippen molar-refractivity contribution < 1.29 is 19.4 Å². The number of hydrogen-bond acceptors (Lipinski definition) is 5. The first-order chi connectivity index (χ1) is 23.6. The molecule has 7 heteroatoms. The van der Waals surface area contributed by atoms with Crippen molar-refractivity contribution in [3.05, 3.63) is 95.8 Å². The lowest BCUT2D eigenvalue weighted by Gasteiger charge is -2.36. The third-order valence-electron chi connectivity index (χ3n) is 9.49. The molecule has 0 aliphatic carbocycles. The molecule has 2 heterocycles. The van der Waals surface area contributed by atoms with Crippen molar-refractivity contribution in [2.24, 2.45) is 0 Å². The van der Waals surface area contributed by atoms with Gasteiger partial charge >= 0.3 is 0 Å². The Morgan fingerprint density at radius 1 is 0.812 bits per heavy atom. The van der Waals surface area contributed by atoms with E-state index in [1.54, 1.807) is 0 Å². The molecule has 2 N–H and O–H groups in total. The maximum Gasteiger partial charge on any atom is 0.224 e. The fraction of sp³-hybridized carbons (Fsp3) is 0.512. The van der Waals surface area contributed by atoms with Gasteiger partial charge in [-0.05, 0) is 41.8 Å². The summed E-state index contributed by atoms with van der Waals surface area (Å²) in [6.07, 6.45) is 18.9. The minimum atomic E-state index is -0.598.